The molecule has 1 aromatic carbocycles. The summed E-state index contributed by atoms with van der Waals surface area (Å²) in [7, 11) is 0. The van der Waals surface area contributed by atoms with Gasteiger partial charge in [0.1, 0.15) is 17.4 Å². The van der Waals surface area contributed by atoms with E-state index in [9.17, 15) is 9.18 Å². The van der Waals surface area contributed by atoms with E-state index in [1.807, 2.05) is 13.0 Å². The van der Waals surface area contributed by atoms with Crippen molar-refractivity contribution in [3.8, 4) is 5.75 Å². The lowest BCUT2D eigenvalue weighted by molar-refractivity contribution is -0.134. The second-order valence-electron chi connectivity index (χ2n) is 5.52. The Kier molecular flexibility index (Phi) is 4.50. The summed E-state index contributed by atoms with van der Waals surface area (Å²) in [5, 5.41) is 0. The fourth-order valence-electron chi connectivity index (χ4n) is 2.79. The number of benzene rings is 1. The van der Waals surface area contributed by atoms with Crippen molar-refractivity contribution in [3.63, 3.8) is 0 Å². The molecule has 23 heavy (non-hydrogen) atoms. The van der Waals surface area contributed by atoms with Crippen LogP contribution in [-0.2, 0) is 4.79 Å². The zero-order valence-corrected chi connectivity index (χ0v) is 12.9. The Morgan fingerprint density at radius 1 is 1.35 bits per heavy atom. The van der Waals surface area contributed by atoms with E-state index >= 15 is 0 Å². The van der Waals surface area contributed by atoms with Crippen molar-refractivity contribution in [3.05, 3.63) is 53.9 Å². The van der Waals surface area contributed by atoms with Crippen LogP contribution in [0.25, 0.3) is 0 Å². The molecule has 1 fully saturated rings. The molecule has 3 rings (SSSR count). The maximum atomic E-state index is 12.9. The number of carbonyl (C=O) groups excluding carboxylic acids is 1. The molecule has 120 valence electrons. The predicted octanol–water partition coefficient (Wildman–Crippen LogP) is 2.67. The first-order chi connectivity index (χ1) is 11.1. The number of aromatic nitrogens is 2. The van der Waals surface area contributed by atoms with Gasteiger partial charge in [-0.3, -0.25) is 4.79 Å². The molecule has 1 saturated heterocycles. The van der Waals surface area contributed by atoms with E-state index in [0.717, 1.165) is 18.5 Å². The number of carbonyl (C=O) groups is 1. The van der Waals surface area contributed by atoms with Crippen LogP contribution in [0.3, 0.4) is 0 Å². The standard InChI is InChI=1S/C17H18FN3O2/c1-12-19-9-8-15(20-12)16-3-2-10-21(16)17(22)11-23-14-6-4-13(18)5-7-14/h4-9,16H,2-3,10-11H2,1H3. The third-order valence-corrected chi connectivity index (χ3v) is 3.89. The van der Waals surface area contributed by atoms with Crippen LogP contribution in [0.2, 0.25) is 0 Å². The molecule has 1 amide bonds. The molecule has 1 unspecified atom stereocenters. The van der Waals surface area contributed by atoms with Crippen molar-refractivity contribution in [2.45, 2.75) is 25.8 Å². The van der Waals surface area contributed by atoms with Gasteiger partial charge in [-0.05, 0) is 50.1 Å². The topological polar surface area (TPSA) is 55.3 Å². The molecule has 0 aliphatic carbocycles. The van der Waals surface area contributed by atoms with Gasteiger partial charge in [0.15, 0.2) is 6.61 Å². The van der Waals surface area contributed by atoms with Crippen molar-refractivity contribution < 1.29 is 13.9 Å². The lowest BCUT2D eigenvalue weighted by Crippen LogP contribution is -2.34. The third kappa shape index (κ3) is 3.64. The van der Waals surface area contributed by atoms with Crippen molar-refractivity contribution in [2.24, 2.45) is 0 Å². The van der Waals surface area contributed by atoms with E-state index in [-0.39, 0.29) is 24.4 Å². The summed E-state index contributed by atoms with van der Waals surface area (Å²) in [5.41, 5.74) is 0.866. The molecule has 0 spiro atoms. The SMILES string of the molecule is Cc1nccc(C2CCCN2C(=O)COc2ccc(F)cc2)n1. The van der Waals surface area contributed by atoms with Gasteiger partial charge >= 0.3 is 0 Å². The monoisotopic (exact) mass is 315 g/mol. The molecule has 1 atom stereocenters. The first kappa shape index (κ1) is 15.4. The minimum Gasteiger partial charge on any atom is -0.484 e. The highest BCUT2D eigenvalue weighted by Gasteiger charge is 2.31. The predicted molar refractivity (Wildman–Crippen MR) is 82.4 cm³/mol. The molecular formula is C17H18FN3O2. The van der Waals surface area contributed by atoms with Gasteiger partial charge in [0, 0.05) is 12.7 Å². The zero-order chi connectivity index (χ0) is 16.2. The average molecular weight is 315 g/mol. The maximum Gasteiger partial charge on any atom is 0.261 e. The number of halogens is 1. The number of nitrogens with zero attached hydrogens (tertiary/aromatic N) is 3. The highest BCUT2D eigenvalue weighted by molar-refractivity contribution is 5.78. The van der Waals surface area contributed by atoms with Crippen molar-refractivity contribution in [1.82, 2.24) is 14.9 Å². The summed E-state index contributed by atoms with van der Waals surface area (Å²) in [4.78, 5) is 22.8. The highest BCUT2D eigenvalue weighted by Crippen LogP contribution is 2.30. The number of rotatable bonds is 4. The van der Waals surface area contributed by atoms with Gasteiger partial charge in [0.2, 0.25) is 0 Å². The van der Waals surface area contributed by atoms with Crippen molar-refractivity contribution in [1.29, 1.82) is 0 Å². The van der Waals surface area contributed by atoms with Crippen LogP contribution in [0.15, 0.2) is 36.5 Å². The van der Waals surface area contributed by atoms with E-state index in [1.54, 1.807) is 11.1 Å². The lowest BCUT2D eigenvalue weighted by Gasteiger charge is -2.24. The molecule has 5 nitrogen and oxygen atoms in total. The largest absolute Gasteiger partial charge is 0.484 e. The van der Waals surface area contributed by atoms with Gasteiger partial charge in [-0.15, -0.1) is 0 Å². The van der Waals surface area contributed by atoms with Crippen LogP contribution in [0.5, 0.6) is 5.75 Å². The molecule has 2 heterocycles. The van der Waals surface area contributed by atoms with E-state index in [0.29, 0.717) is 18.1 Å². The number of hydrogen-bond acceptors (Lipinski definition) is 4. The van der Waals surface area contributed by atoms with Gasteiger partial charge < -0.3 is 9.64 Å². The van der Waals surface area contributed by atoms with E-state index in [1.165, 1.54) is 24.3 Å². The molecule has 0 radical (unpaired) electrons. The number of ether oxygens (including phenoxy) is 1. The number of amides is 1. The number of likely N-dealkylation sites (tertiary alicyclic amines) is 1. The van der Waals surface area contributed by atoms with Crippen LogP contribution in [0.1, 0.15) is 30.4 Å². The quantitative estimate of drug-likeness (QED) is 0.870. The van der Waals surface area contributed by atoms with Crippen molar-refractivity contribution in [2.75, 3.05) is 13.2 Å². The van der Waals surface area contributed by atoms with Crippen molar-refractivity contribution >= 4 is 5.91 Å². The number of hydrogen-bond donors (Lipinski definition) is 0. The Balaban J connectivity index is 1.65. The Morgan fingerprint density at radius 2 is 2.13 bits per heavy atom. The first-order valence-electron chi connectivity index (χ1n) is 7.61. The Hall–Kier alpha value is -2.50. The van der Waals surface area contributed by atoms with Crippen LogP contribution >= 0.6 is 0 Å². The minimum atomic E-state index is -0.331. The normalized spacial score (nSPS) is 17.3. The van der Waals surface area contributed by atoms with Gasteiger partial charge in [-0.25, -0.2) is 14.4 Å². The van der Waals surface area contributed by atoms with Crippen LogP contribution in [0, 0.1) is 12.7 Å². The fraction of sp³-hybridized carbons (Fsp3) is 0.353. The second-order valence-corrected chi connectivity index (χ2v) is 5.52. The summed E-state index contributed by atoms with van der Waals surface area (Å²) in [6.45, 7) is 2.47. The zero-order valence-electron chi connectivity index (χ0n) is 12.9. The molecule has 1 aliphatic heterocycles. The molecule has 1 aromatic heterocycles. The third-order valence-electron chi connectivity index (χ3n) is 3.89. The molecule has 2 aromatic rings. The summed E-state index contributed by atoms with van der Waals surface area (Å²) >= 11 is 0. The molecular weight excluding hydrogens is 297 g/mol. The maximum absolute atomic E-state index is 12.9. The molecule has 1 aliphatic rings. The molecule has 0 bridgehead atoms. The smallest absolute Gasteiger partial charge is 0.261 e. The molecule has 6 heteroatoms. The summed E-state index contributed by atoms with van der Waals surface area (Å²) < 4.78 is 18.3. The second kappa shape index (κ2) is 6.73. The Labute approximate surface area is 134 Å². The molecule has 0 N–H and O–H groups in total. The van der Waals surface area contributed by atoms with Crippen LogP contribution < -0.4 is 4.74 Å². The van der Waals surface area contributed by atoms with Crippen LogP contribution in [0.4, 0.5) is 4.39 Å². The highest BCUT2D eigenvalue weighted by atomic mass is 19.1. The minimum absolute atomic E-state index is 0.0268. The van der Waals surface area contributed by atoms with E-state index in [2.05, 4.69) is 9.97 Å². The molecule has 0 saturated carbocycles. The van der Waals surface area contributed by atoms with Gasteiger partial charge in [-0.2, -0.15) is 0 Å². The lowest BCUT2D eigenvalue weighted by atomic mass is 10.1. The van der Waals surface area contributed by atoms with Gasteiger partial charge in [0.05, 0.1) is 11.7 Å². The van der Waals surface area contributed by atoms with E-state index in [4.69, 9.17) is 4.74 Å². The number of aryl methyl sites for hydroxylation is 1. The average Bonchev–Trinajstić information content (AvgIpc) is 3.04. The van der Waals surface area contributed by atoms with Crippen LogP contribution in [-0.4, -0.2) is 33.9 Å². The van der Waals surface area contributed by atoms with Gasteiger partial charge in [-0.1, -0.05) is 0 Å². The summed E-state index contributed by atoms with van der Waals surface area (Å²) in [6.07, 6.45) is 3.54. The Bertz CT molecular complexity index is 690. The first-order valence-corrected chi connectivity index (χ1v) is 7.61. The summed E-state index contributed by atoms with van der Waals surface area (Å²) in [5.74, 6) is 0.758. The summed E-state index contributed by atoms with van der Waals surface area (Å²) in [6, 6.07) is 7.46. The fourth-order valence-corrected chi connectivity index (χ4v) is 2.79. The van der Waals surface area contributed by atoms with E-state index < -0.39 is 0 Å². The van der Waals surface area contributed by atoms with Gasteiger partial charge in [0.25, 0.3) is 5.91 Å². The Morgan fingerprint density at radius 3 is 2.87 bits per heavy atom.